The van der Waals surface area contributed by atoms with E-state index in [1.807, 2.05) is 0 Å². The van der Waals surface area contributed by atoms with Crippen molar-refractivity contribution in [3.8, 4) is 16.9 Å². The number of nitrogens with zero attached hydrogens (tertiary/aromatic N) is 3. The van der Waals surface area contributed by atoms with Gasteiger partial charge in [0.2, 0.25) is 0 Å². The van der Waals surface area contributed by atoms with Gasteiger partial charge < -0.3 is 0 Å². The van der Waals surface area contributed by atoms with E-state index in [1.54, 1.807) is 0 Å². The molecule has 3 heteroatoms. The molecule has 5 rings (SSSR count). The van der Waals surface area contributed by atoms with Crippen molar-refractivity contribution in [2.45, 2.75) is 78.1 Å². The Kier molecular flexibility index (Phi) is 6.57. The Bertz CT molecular complexity index is 1220. The molecule has 170 valence electrons. The summed E-state index contributed by atoms with van der Waals surface area (Å²) in [6, 6.07) is 19.4. The molecule has 1 aliphatic carbocycles. The number of hydrogen-bond acceptors (Lipinski definition) is 2. The molecule has 33 heavy (non-hydrogen) atoms. The number of para-hydroxylation sites is 1. The third-order valence-electron chi connectivity index (χ3n) is 7.13. The zero-order valence-electron chi connectivity index (χ0n) is 20.1. The molecule has 0 saturated heterocycles. The monoisotopic (exact) mass is 437 g/mol. The number of aromatic nitrogens is 3. The van der Waals surface area contributed by atoms with Crippen LogP contribution in [-0.2, 0) is 12.8 Å². The molecule has 0 N–H and O–H groups in total. The van der Waals surface area contributed by atoms with E-state index < -0.39 is 0 Å². The van der Waals surface area contributed by atoms with Crippen LogP contribution in [0.2, 0.25) is 0 Å². The first-order chi connectivity index (χ1) is 16.2. The Morgan fingerprint density at radius 3 is 1.94 bits per heavy atom. The summed E-state index contributed by atoms with van der Waals surface area (Å²) in [4.78, 5) is 5.35. The summed E-state index contributed by atoms with van der Waals surface area (Å²) in [6.45, 7) is 4.31. The van der Waals surface area contributed by atoms with Gasteiger partial charge in [0.15, 0.2) is 5.65 Å². The van der Waals surface area contributed by atoms with Crippen molar-refractivity contribution in [2.75, 3.05) is 0 Å². The van der Waals surface area contributed by atoms with Crippen LogP contribution >= 0.6 is 0 Å². The van der Waals surface area contributed by atoms with Gasteiger partial charge in [-0.2, -0.15) is 5.10 Å². The average molecular weight is 438 g/mol. The summed E-state index contributed by atoms with van der Waals surface area (Å²) in [5.74, 6) is 0. The van der Waals surface area contributed by atoms with Crippen LogP contribution in [-0.4, -0.2) is 14.8 Å². The van der Waals surface area contributed by atoms with Crippen LogP contribution in [0.4, 0.5) is 0 Å². The second kappa shape index (κ2) is 9.91. The molecule has 3 nitrogen and oxygen atoms in total. The summed E-state index contributed by atoms with van der Waals surface area (Å²) in [5.41, 5.74) is 9.80. The molecule has 0 radical (unpaired) electrons. The normalized spacial score (nSPS) is 15.6. The van der Waals surface area contributed by atoms with Crippen molar-refractivity contribution < 1.29 is 0 Å². The maximum atomic E-state index is 5.35. The third kappa shape index (κ3) is 4.59. The summed E-state index contributed by atoms with van der Waals surface area (Å²) in [6.07, 6.45) is 12.8. The lowest BCUT2D eigenvalue weighted by molar-refractivity contribution is 0.560. The number of pyridine rings is 1. The maximum absolute atomic E-state index is 5.35. The van der Waals surface area contributed by atoms with E-state index in [9.17, 15) is 0 Å². The first-order valence-electron chi connectivity index (χ1n) is 12.8. The standard InChI is InChI=1S/C30H35N3/c1-22-18-20-24(21-19-22)29-27-17-13-8-6-4-3-5-7-12-16-26(27)28-23(2)32-33(30(28)31-29)25-14-10-9-11-15-25/h9-11,14-15,18-21H,3-8,12-13,16-17H2,1-2H3. The second-order valence-electron chi connectivity index (χ2n) is 9.64. The lowest BCUT2D eigenvalue weighted by atomic mass is 9.89. The first kappa shape index (κ1) is 21.9. The molecule has 0 amide bonds. The summed E-state index contributed by atoms with van der Waals surface area (Å²) < 4.78 is 2.05. The van der Waals surface area contributed by atoms with Crippen molar-refractivity contribution >= 4 is 11.0 Å². The van der Waals surface area contributed by atoms with Gasteiger partial charge in [-0.1, -0.05) is 86.6 Å². The van der Waals surface area contributed by atoms with Crippen molar-refractivity contribution in [3.05, 3.63) is 77.0 Å². The predicted octanol–water partition coefficient (Wildman–Crippen LogP) is 7.92. The third-order valence-corrected chi connectivity index (χ3v) is 7.13. The van der Waals surface area contributed by atoms with Gasteiger partial charge >= 0.3 is 0 Å². The minimum atomic E-state index is 1.00. The Morgan fingerprint density at radius 1 is 0.667 bits per heavy atom. The molecule has 0 saturated carbocycles. The fourth-order valence-corrected chi connectivity index (χ4v) is 5.35. The van der Waals surface area contributed by atoms with Gasteiger partial charge in [0.1, 0.15) is 0 Å². The predicted molar refractivity (Wildman–Crippen MR) is 138 cm³/mol. The molecule has 0 spiro atoms. The zero-order valence-corrected chi connectivity index (χ0v) is 20.1. The SMILES string of the molecule is Cc1ccc(-c2nc3c(c(C)nn3-c3ccccc3)c3c2CCCCCCCCCC3)cc1. The van der Waals surface area contributed by atoms with Gasteiger partial charge in [0, 0.05) is 10.9 Å². The molecule has 0 fully saturated rings. The Labute approximate surface area is 197 Å². The van der Waals surface area contributed by atoms with E-state index >= 15 is 0 Å². The van der Waals surface area contributed by atoms with Crippen molar-refractivity contribution in [3.63, 3.8) is 0 Å². The van der Waals surface area contributed by atoms with E-state index in [0.717, 1.165) is 35.6 Å². The highest BCUT2D eigenvalue weighted by Gasteiger charge is 2.22. The topological polar surface area (TPSA) is 30.7 Å². The summed E-state index contributed by atoms with van der Waals surface area (Å²) in [7, 11) is 0. The minimum Gasteiger partial charge on any atom is -0.228 e. The lowest BCUT2D eigenvalue weighted by Gasteiger charge is -2.18. The number of hydrogen-bond donors (Lipinski definition) is 0. The van der Waals surface area contributed by atoms with E-state index in [-0.39, 0.29) is 0 Å². The fourth-order valence-electron chi connectivity index (χ4n) is 5.35. The molecule has 0 bridgehead atoms. The highest BCUT2D eigenvalue weighted by Crippen LogP contribution is 2.35. The van der Waals surface area contributed by atoms with Crippen LogP contribution in [0.1, 0.15) is 73.8 Å². The van der Waals surface area contributed by atoms with Gasteiger partial charge in [-0.25, -0.2) is 9.67 Å². The molecular formula is C30H35N3. The maximum Gasteiger partial charge on any atom is 0.164 e. The molecule has 0 atom stereocenters. The molecule has 2 heterocycles. The average Bonchev–Trinajstić information content (AvgIpc) is 3.16. The van der Waals surface area contributed by atoms with Crippen LogP contribution in [0, 0.1) is 13.8 Å². The van der Waals surface area contributed by atoms with Crippen molar-refractivity contribution in [1.29, 1.82) is 0 Å². The highest BCUT2D eigenvalue weighted by molar-refractivity contribution is 5.88. The Balaban J connectivity index is 1.75. The molecule has 0 unspecified atom stereocenters. The Hall–Kier alpha value is -2.94. The summed E-state index contributed by atoms with van der Waals surface area (Å²) >= 11 is 0. The zero-order chi connectivity index (χ0) is 22.6. The minimum absolute atomic E-state index is 1.00. The van der Waals surface area contributed by atoms with Gasteiger partial charge in [-0.3, -0.25) is 0 Å². The van der Waals surface area contributed by atoms with Crippen LogP contribution < -0.4 is 0 Å². The van der Waals surface area contributed by atoms with E-state index in [2.05, 4.69) is 73.1 Å². The second-order valence-corrected chi connectivity index (χ2v) is 9.64. The molecule has 0 aliphatic heterocycles. The van der Waals surface area contributed by atoms with Crippen molar-refractivity contribution in [1.82, 2.24) is 14.8 Å². The molecule has 2 aromatic carbocycles. The number of fused-ring (bicyclic) bond motifs is 3. The molecule has 2 aromatic heterocycles. The van der Waals surface area contributed by atoms with Crippen LogP contribution in [0.25, 0.3) is 28.0 Å². The smallest absolute Gasteiger partial charge is 0.164 e. The van der Waals surface area contributed by atoms with E-state index in [1.165, 1.54) is 79.0 Å². The molecule has 4 aromatic rings. The highest BCUT2D eigenvalue weighted by atomic mass is 15.3. The quantitative estimate of drug-likeness (QED) is 0.319. The number of aryl methyl sites for hydroxylation is 3. The molecular weight excluding hydrogens is 402 g/mol. The van der Waals surface area contributed by atoms with Gasteiger partial charge in [0.05, 0.1) is 17.1 Å². The summed E-state index contributed by atoms with van der Waals surface area (Å²) in [5, 5.41) is 6.28. The van der Waals surface area contributed by atoms with Gasteiger partial charge in [0.25, 0.3) is 0 Å². The van der Waals surface area contributed by atoms with Gasteiger partial charge in [-0.05, 0) is 62.8 Å². The van der Waals surface area contributed by atoms with E-state index in [4.69, 9.17) is 10.1 Å². The molecule has 1 aliphatic rings. The van der Waals surface area contributed by atoms with Crippen molar-refractivity contribution in [2.24, 2.45) is 0 Å². The van der Waals surface area contributed by atoms with Gasteiger partial charge in [-0.15, -0.1) is 0 Å². The first-order valence-corrected chi connectivity index (χ1v) is 12.8. The largest absolute Gasteiger partial charge is 0.228 e. The van der Waals surface area contributed by atoms with E-state index in [0.29, 0.717) is 0 Å². The Morgan fingerprint density at radius 2 is 1.27 bits per heavy atom. The van der Waals surface area contributed by atoms with Crippen LogP contribution in [0.15, 0.2) is 54.6 Å². The van der Waals surface area contributed by atoms with Crippen LogP contribution in [0.3, 0.4) is 0 Å². The van der Waals surface area contributed by atoms with Crippen LogP contribution in [0.5, 0.6) is 0 Å². The number of benzene rings is 2. The lowest BCUT2D eigenvalue weighted by Crippen LogP contribution is -2.05. The fraction of sp³-hybridized carbons (Fsp3) is 0.400. The number of rotatable bonds is 2.